The van der Waals surface area contributed by atoms with Crippen molar-refractivity contribution in [1.29, 1.82) is 0 Å². The van der Waals surface area contributed by atoms with E-state index >= 15 is 0 Å². The van der Waals surface area contributed by atoms with Crippen molar-refractivity contribution in [2.45, 2.75) is 72.1 Å². The van der Waals surface area contributed by atoms with Gasteiger partial charge in [0.25, 0.3) is 0 Å². The fraction of sp³-hybridized carbons (Fsp3) is 1.00. The molecule has 1 rings (SSSR count). The molecule has 0 N–H and O–H groups in total. The Morgan fingerprint density at radius 3 is 1.96 bits per heavy atom. The Balaban J connectivity index is 3.05. The lowest BCUT2D eigenvalue weighted by molar-refractivity contribution is -0.148. The Labute approximate surface area is 137 Å². The molecule has 0 spiro atoms. The minimum atomic E-state index is -4.27. The lowest BCUT2D eigenvalue weighted by Gasteiger charge is -2.43. The molecule has 0 aromatic carbocycles. The van der Waals surface area contributed by atoms with Crippen LogP contribution in [-0.2, 0) is 13.6 Å². The van der Waals surface area contributed by atoms with Crippen LogP contribution in [0.1, 0.15) is 60.3 Å². The molecule has 1 saturated carbocycles. The SMILES string of the molecule is CCOP(=O)(OCC)[C@@H]1CC[C@H](C(C)(C)C)C[C@@H]1CC(F)(F)F. The van der Waals surface area contributed by atoms with Crippen LogP contribution >= 0.6 is 7.60 Å². The van der Waals surface area contributed by atoms with Crippen LogP contribution in [0.3, 0.4) is 0 Å². The van der Waals surface area contributed by atoms with Crippen LogP contribution in [0.4, 0.5) is 13.2 Å². The molecule has 1 aliphatic carbocycles. The van der Waals surface area contributed by atoms with Gasteiger partial charge >= 0.3 is 13.8 Å². The van der Waals surface area contributed by atoms with Gasteiger partial charge in [0.05, 0.1) is 18.9 Å². The summed E-state index contributed by atoms with van der Waals surface area (Å²) in [5.74, 6) is -0.528. The van der Waals surface area contributed by atoms with E-state index in [0.717, 1.165) is 6.42 Å². The first-order valence-corrected chi connectivity index (χ1v) is 9.99. The second-order valence-corrected chi connectivity index (χ2v) is 9.66. The highest BCUT2D eigenvalue weighted by Crippen LogP contribution is 2.62. The van der Waals surface area contributed by atoms with Gasteiger partial charge < -0.3 is 9.05 Å². The molecule has 0 amide bonds. The fourth-order valence-electron chi connectivity index (χ4n) is 3.56. The topological polar surface area (TPSA) is 35.5 Å². The van der Waals surface area contributed by atoms with Crippen molar-refractivity contribution in [2.75, 3.05) is 13.2 Å². The minimum Gasteiger partial charge on any atom is -0.309 e. The van der Waals surface area contributed by atoms with Crippen molar-refractivity contribution in [3.05, 3.63) is 0 Å². The van der Waals surface area contributed by atoms with E-state index in [9.17, 15) is 17.7 Å². The van der Waals surface area contributed by atoms with Crippen LogP contribution < -0.4 is 0 Å². The lowest BCUT2D eigenvalue weighted by atomic mass is 9.68. The maximum Gasteiger partial charge on any atom is 0.389 e. The van der Waals surface area contributed by atoms with Crippen molar-refractivity contribution in [3.63, 3.8) is 0 Å². The molecular weight excluding hydrogens is 328 g/mol. The summed E-state index contributed by atoms with van der Waals surface area (Å²) in [7, 11) is -3.52. The molecule has 0 aliphatic heterocycles. The summed E-state index contributed by atoms with van der Waals surface area (Å²) in [4.78, 5) is 0. The zero-order chi connectivity index (χ0) is 17.9. The third-order valence-electron chi connectivity index (χ3n) is 4.68. The van der Waals surface area contributed by atoms with Gasteiger partial charge in [0, 0.05) is 6.42 Å². The Hall–Kier alpha value is -0.0600. The highest BCUT2D eigenvalue weighted by atomic mass is 31.2. The molecule has 0 radical (unpaired) electrons. The Morgan fingerprint density at radius 1 is 1.04 bits per heavy atom. The van der Waals surface area contributed by atoms with E-state index in [4.69, 9.17) is 9.05 Å². The third-order valence-corrected chi connectivity index (χ3v) is 7.41. The number of alkyl halides is 3. The maximum absolute atomic E-state index is 13.0. The number of hydrogen-bond acceptors (Lipinski definition) is 3. The molecule has 0 heterocycles. The van der Waals surface area contributed by atoms with Crippen molar-refractivity contribution >= 4 is 7.60 Å². The minimum absolute atomic E-state index is 0.0595. The van der Waals surface area contributed by atoms with Gasteiger partial charge in [-0.1, -0.05) is 20.8 Å². The van der Waals surface area contributed by atoms with Gasteiger partial charge in [0.2, 0.25) is 0 Å². The molecule has 138 valence electrons. The van der Waals surface area contributed by atoms with Gasteiger partial charge in [-0.25, -0.2) is 0 Å². The highest BCUT2D eigenvalue weighted by molar-refractivity contribution is 7.54. The standard InChI is InChI=1S/C16H30F3O3P/c1-6-21-23(20,22-7-2)14-9-8-13(15(3,4)5)10-12(14)11-16(17,18)19/h12-14H,6-11H2,1-5H3/t12-,13+,14-/m1/s1. The van der Waals surface area contributed by atoms with Crippen molar-refractivity contribution in [1.82, 2.24) is 0 Å². The predicted molar refractivity (Wildman–Crippen MR) is 85.6 cm³/mol. The maximum atomic E-state index is 13.0. The molecule has 0 aromatic heterocycles. The average Bonchev–Trinajstić information content (AvgIpc) is 2.36. The molecule has 1 aliphatic rings. The zero-order valence-corrected chi connectivity index (χ0v) is 15.7. The second-order valence-electron chi connectivity index (χ2n) is 7.40. The van der Waals surface area contributed by atoms with Crippen LogP contribution in [0.2, 0.25) is 0 Å². The van der Waals surface area contributed by atoms with Gasteiger partial charge in [0.1, 0.15) is 0 Å². The summed E-state index contributed by atoms with van der Waals surface area (Å²) in [6.45, 7) is 9.87. The summed E-state index contributed by atoms with van der Waals surface area (Å²) < 4.78 is 62.8. The van der Waals surface area contributed by atoms with Gasteiger partial charge in [0.15, 0.2) is 0 Å². The van der Waals surface area contributed by atoms with Crippen LogP contribution in [0.25, 0.3) is 0 Å². The Kier molecular flexibility index (Phi) is 7.19. The first-order valence-electron chi connectivity index (χ1n) is 8.38. The smallest absolute Gasteiger partial charge is 0.309 e. The van der Waals surface area contributed by atoms with E-state index < -0.39 is 31.8 Å². The predicted octanol–water partition coefficient (Wildman–Crippen LogP) is 6.04. The highest BCUT2D eigenvalue weighted by Gasteiger charge is 2.49. The number of halogens is 3. The number of hydrogen-bond donors (Lipinski definition) is 0. The Morgan fingerprint density at radius 2 is 1.57 bits per heavy atom. The zero-order valence-electron chi connectivity index (χ0n) is 14.8. The lowest BCUT2D eigenvalue weighted by Crippen LogP contribution is -2.37. The van der Waals surface area contributed by atoms with Crippen molar-refractivity contribution in [2.24, 2.45) is 17.3 Å². The number of rotatable bonds is 6. The second kappa shape index (κ2) is 7.88. The summed E-state index contributed by atoms with van der Waals surface area (Å²) in [6.07, 6.45) is -3.56. The largest absolute Gasteiger partial charge is 0.389 e. The van der Waals surface area contributed by atoms with E-state index in [1.54, 1.807) is 13.8 Å². The van der Waals surface area contributed by atoms with Crippen LogP contribution in [-0.4, -0.2) is 25.0 Å². The summed E-state index contributed by atoms with van der Waals surface area (Å²) in [5.41, 5.74) is -0.724. The fourth-order valence-corrected chi connectivity index (χ4v) is 5.94. The van der Waals surface area contributed by atoms with Gasteiger partial charge in [-0.15, -0.1) is 0 Å². The molecule has 0 saturated heterocycles. The van der Waals surface area contributed by atoms with Gasteiger partial charge in [-0.2, -0.15) is 13.2 Å². The quantitative estimate of drug-likeness (QED) is 0.543. The van der Waals surface area contributed by atoms with E-state index in [1.165, 1.54) is 0 Å². The summed E-state index contributed by atoms with van der Waals surface area (Å²) in [6, 6.07) is 0. The van der Waals surface area contributed by atoms with E-state index in [-0.39, 0.29) is 24.5 Å². The van der Waals surface area contributed by atoms with Crippen LogP contribution in [0.15, 0.2) is 0 Å². The third kappa shape index (κ3) is 6.06. The molecule has 23 heavy (non-hydrogen) atoms. The van der Waals surface area contributed by atoms with E-state index in [2.05, 4.69) is 0 Å². The molecule has 0 bridgehead atoms. The summed E-state index contributed by atoms with van der Waals surface area (Å²) >= 11 is 0. The molecule has 0 aromatic rings. The van der Waals surface area contributed by atoms with Crippen molar-refractivity contribution < 1.29 is 26.8 Å². The van der Waals surface area contributed by atoms with Gasteiger partial charge in [-0.05, 0) is 50.4 Å². The molecule has 7 heteroatoms. The molecule has 3 atom stereocenters. The van der Waals surface area contributed by atoms with Crippen LogP contribution in [0.5, 0.6) is 0 Å². The van der Waals surface area contributed by atoms with E-state index in [0.29, 0.717) is 12.8 Å². The Bertz CT molecular complexity index is 408. The average molecular weight is 358 g/mol. The monoisotopic (exact) mass is 358 g/mol. The first kappa shape index (κ1) is 21.0. The molecule has 1 fully saturated rings. The van der Waals surface area contributed by atoms with Gasteiger partial charge in [-0.3, -0.25) is 4.57 Å². The molecule has 0 unspecified atom stereocenters. The van der Waals surface area contributed by atoms with Crippen molar-refractivity contribution in [3.8, 4) is 0 Å². The normalized spacial score (nSPS) is 27.2. The first-order chi connectivity index (χ1) is 10.4. The summed E-state index contributed by atoms with van der Waals surface area (Å²) in [5, 5.41) is 0. The van der Waals surface area contributed by atoms with E-state index in [1.807, 2.05) is 20.8 Å². The molecule has 3 nitrogen and oxygen atoms in total. The molecular formula is C16H30F3O3P. The van der Waals surface area contributed by atoms with Crippen LogP contribution in [0, 0.1) is 17.3 Å².